The number of hydrogen-bond acceptors (Lipinski definition) is 4. The molecule has 2 rings (SSSR count). The fraction of sp³-hybridized carbons (Fsp3) is 0.462. The fourth-order valence-corrected chi connectivity index (χ4v) is 3.38. The van der Waals surface area contributed by atoms with Crippen molar-refractivity contribution in [2.24, 2.45) is 0 Å². The Hall–Kier alpha value is -2.62. The third kappa shape index (κ3) is 8.40. The van der Waals surface area contributed by atoms with E-state index in [9.17, 15) is 9.59 Å². The molecule has 0 radical (unpaired) electrons. The number of esters is 2. The molecule has 0 unspecified atom stereocenters. The summed E-state index contributed by atoms with van der Waals surface area (Å²) in [6.07, 6.45) is 8.38. The minimum Gasteiger partial charge on any atom is -0.426 e. The van der Waals surface area contributed by atoms with E-state index in [0.29, 0.717) is 24.3 Å². The Bertz CT molecular complexity index is 730. The summed E-state index contributed by atoms with van der Waals surface area (Å²) in [5.41, 5.74) is 2.12. The molecule has 0 saturated carbocycles. The van der Waals surface area contributed by atoms with Crippen molar-refractivity contribution < 1.29 is 19.1 Å². The number of benzene rings is 2. The summed E-state index contributed by atoms with van der Waals surface area (Å²) in [7, 11) is 0. The summed E-state index contributed by atoms with van der Waals surface area (Å²) in [5, 5.41) is 0. The van der Waals surface area contributed by atoms with Crippen LogP contribution in [0, 0.1) is 0 Å². The second kappa shape index (κ2) is 13.6. The van der Waals surface area contributed by atoms with Gasteiger partial charge in [-0.15, -0.1) is 0 Å². The number of carbonyl (C=O) groups excluding carboxylic acids is 2. The molecule has 30 heavy (non-hydrogen) atoms. The van der Waals surface area contributed by atoms with Crippen molar-refractivity contribution in [2.75, 3.05) is 0 Å². The van der Waals surface area contributed by atoms with Crippen molar-refractivity contribution in [1.82, 2.24) is 0 Å². The first kappa shape index (κ1) is 23.7. The van der Waals surface area contributed by atoms with E-state index < -0.39 is 0 Å². The average molecular weight is 411 g/mol. The summed E-state index contributed by atoms with van der Waals surface area (Å²) in [5.74, 6) is 1.04. The Morgan fingerprint density at radius 3 is 1.37 bits per heavy atom. The topological polar surface area (TPSA) is 52.6 Å². The molecule has 0 aliphatic rings. The molecule has 162 valence electrons. The van der Waals surface area contributed by atoms with Gasteiger partial charge in [0.25, 0.3) is 0 Å². The molecule has 0 aliphatic carbocycles. The zero-order valence-corrected chi connectivity index (χ0v) is 18.3. The van der Waals surface area contributed by atoms with E-state index in [-0.39, 0.29) is 11.9 Å². The Morgan fingerprint density at radius 2 is 0.967 bits per heavy atom. The lowest BCUT2D eigenvalue weighted by Crippen LogP contribution is -2.09. The maximum absolute atomic E-state index is 12.0. The van der Waals surface area contributed by atoms with Crippen LogP contribution in [-0.4, -0.2) is 11.9 Å². The maximum Gasteiger partial charge on any atom is 0.311 e. The Morgan fingerprint density at radius 1 is 0.600 bits per heavy atom. The molecule has 0 N–H and O–H groups in total. The van der Waals surface area contributed by atoms with Gasteiger partial charge in [-0.25, -0.2) is 0 Å². The van der Waals surface area contributed by atoms with Gasteiger partial charge >= 0.3 is 11.9 Å². The van der Waals surface area contributed by atoms with E-state index in [1.54, 1.807) is 0 Å². The quantitative estimate of drug-likeness (QED) is 0.216. The van der Waals surface area contributed by atoms with Crippen molar-refractivity contribution >= 4 is 11.9 Å². The molecule has 0 saturated heterocycles. The van der Waals surface area contributed by atoms with Gasteiger partial charge in [0.15, 0.2) is 0 Å². The molecule has 0 atom stereocenters. The summed E-state index contributed by atoms with van der Waals surface area (Å²) in [6.45, 7) is 4.10. The molecular formula is C26H34O4. The first-order valence-electron chi connectivity index (χ1n) is 11.2. The highest BCUT2D eigenvalue weighted by molar-refractivity contribution is 5.73. The van der Waals surface area contributed by atoms with Crippen LogP contribution in [0.2, 0.25) is 0 Å². The van der Waals surface area contributed by atoms with E-state index in [1.165, 1.54) is 0 Å². The number of ether oxygens (including phenoxy) is 2. The van der Waals surface area contributed by atoms with Gasteiger partial charge in [-0.05, 0) is 48.9 Å². The van der Waals surface area contributed by atoms with Crippen LogP contribution < -0.4 is 9.47 Å². The molecule has 0 fully saturated rings. The second-order valence-electron chi connectivity index (χ2n) is 7.49. The van der Waals surface area contributed by atoms with Crippen molar-refractivity contribution in [3.05, 3.63) is 59.7 Å². The number of unbranched alkanes of at least 4 members (excludes halogenated alkanes) is 5. The van der Waals surface area contributed by atoms with Crippen LogP contribution in [-0.2, 0) is 22.4 Å². The standard InChI is InChI=1S/C26H34O4/c1-3-21-15-11-13-17-23(21)29-25(27)19-9-7-5-6-8-10-20-26(28)30-24-18-14-12-16-22(24)4-2/h11-18H,3-10,19-20H2,1-2H3. The summed E-state index contributed by atoms with van der Waals surface area (Å²) in [6, 6.07) is 15.4. The van der Waals surface area contributed by atoms with Crippen molar-refractivity contribution in [3.8, 4) is 11.5 Å². The Kier molecular flexibility index (Phi) is 10.7. The predicted octanol–water partition coefficient (Wildman–Crippen LogP) is 6.44. The molecule has 4 heteroatoms. The lowest BCUT2D eigenvalue weighted by molar-refractivity contribution is -0.135. The molecule has 0 bridgehead atoms. The van der Waals surface area contributed by atoms with Gasteiger partial charge in [0, 0.05) is 12.8 Å². The number of para-hydroxylation sites is 2. The maximum atomic E-state index is 12.0. The number of aryl methyl sites for hydroxylation is 2. The van der Waals surface area contributed by atoms with Crippen LogP contribution in [0.15, 0.2) is 48.5 Å². The van der Waals surface area contributed by atoms with E-state index in [4.69, 9.17) is 9.47 Å². The molecule has 0 aliphatic heterocycles. The van der Waals surface area contributed by atoms with Crippen molar-refractivity contribution in [2.45, 2.75) is 78.1 Å². The lowest BCUT2D eigenvalue weighted by atomic mass is 10.1. The Labute approximate surface area is 180 Å². The van der Waals surface area contributed by atoms with Crippen LogP contribution >= 0.6 is 0 Å². The van der Waals surface area contributed by atoms with E-state index in [0.717, 1.165) is 62.5 Å². The number of rotatable bonds is 13. The van der Waals surface area contributed by atoms with Crippen LogP contribution in [0.25, 0.3) is 0 Å². The highest BCUT2D eigenvalue weighted by Gasteiger charge is 2.09. The molecule has 0 heterocycles. The van der Waals surface area contributed by atoms with Crippen molar-refractivity contribution in [1.29, 1.82) is 0 Å². The minimum absolute atomic E-state index is 0.161. The first-order valence-corrected chi connectivity index (χ1v) is 11.2. The first-order chi connectivity index (χ1) is 14.6. The molecule has 0 amide bonds. The smallest absolute Gasteiger partial charge is 0.311 e. The van der Waals surface area contributed by atoms with E-state index >= 15 is 0 Å². The highest BCUT2D eigenvalue weighted by Crippen LogP contribution is 2.20. The predicted molar refractivity (Wildman–Crippen MR) is 120 cm³/mol. The van der Waals surface area contributed by atoms with Crippen LogP contribution in [0.3, 0.4) is 0 Å². The second-order valence-corrected chi connectivity index (χ2v) is 7.49. The van der Waals surface area contributed by atoms with Gasteiger partial charge < -0.3 is 9.47 Å². The highest BCUT2D eigenvalue weighted by atomic mass is 16.5. The monoisotopic (exact) mass is 410 g/mol. The van der Waals surface area contributed by atoms with Gasteiger partial charge in [0.2, 0.25) is 0 Å². The zero-order chi connectivity index (χ0) is 21.6. The van der Waals surface area contributed by atoms with Gasteiger partial charge in [-0.3, -0.25) is 9.59 Å². The third-order valence-corrected chi connectivity index (χ3v) is 5.17. The summed E-state index contributed by atoms with van der Waals surface area (Å²) < 4.78 is 11.0. The van der Waals surface area contributed by atoms with E-state index in [1.807, 2.05) is 48.5 Å². The zero-order valence-electron chi connectivity index (χ0n) is 18.3. The van der Waals surface area contributed by atoms with Crippen LogP contribution in [0.1, 0.15) is 76.3 Å². The van der Waals surface area contributed by atoms with E-state index in [2.05, 4.69) is 13.8 Å². The van der Waals surface area contributed by atoms with Gasteiger partial charge in [-0.2, -0.15) is 0 Å². The van der Waals surface area contributed by atoms with Gasteiger partial charge in [0.05, 0.1) is 0 Å². The van der Waals surface area contributed by atoms with Gasteiger partial charge in [0.1, 0.15) is 11.5 Å². The number of hydrogen-bond donors (Lipinski definition) is 0. The minimum atomic E-state index is -0.161. The summed E-state index contributed by atoms with van der Waals surface area (Å²) >= 11 is 0. The normalized spacial score (nSPS) is 10.6. The molecule has 0 spiro atoms. The lowest BCUT2D eigenvalue weighted by Gasteiger charge is -2.09. The summed E-state index contributed by atoms with van der Waals surface area (Å²) in [4.78, 5) is 24.0. The van der Waals surface area contributed by atoms with Crippen molar-refractivity contribution in [3.63, 3.8) is 0 Å². The number of carbonyl (C=O) groups is 2. The Balaban J connectivity index is 1.52. The van der Waals surface area contributed by atoms with Gasteiger partial charge in [-0.1, -0.05) is 75.9 Å². The largest absolute Gasteiger partial charge is 0.426 e. The van der Waals surface area contributed by atoms with Crippen LogP contribution in [0.5, 0.6) is 11.5 Å². The molecular weight excluding hydrogens is 376 g/mol. The molecule has 4 nitrogen and oxygen atoms in total. The fourth-order valence-electron chi connectivity index (χ4n) is 3.38. The van der Waals surface area contributed by atoms with Crippen LogP contribution in [0.4, 0.5) is 0 Å². The SMILES string of the molecule is CCc1ccccc1OC(=O)CCCCCCCCC(=O)Oc1ccccc1CC. The molecule has 2 aromatic carbocycles. The molecule has 0 aromatic heterocycles. The third-order valence-electron chi connectivity index (χ3n) is 5.17. The average Bonchev–Trinajstić information content (AvgIpc) is 2.76. The molecule has 2 aromatic rings.